The van der Waals surface area contributed by atoms with Gasteiger partial charge in [-0.05, 0) is 71.9 Å². The lowest BCUT2D eigenvalue weighted by atomic mass is 9.54. The molecule has 0 aliphatic heterocycles. The molecule has 0 spiro atoms. The summed E-state index contributed by atoms with van der Waals surface area (Å²) in [6.45, 7) is 9.36. The van der Waals surface area contributed by atoms with Gasteiger partial charge in [0.2, 0.25) is 0 Å². The fourth-order valence-electron chi connectivity index (χ4n) is 4.62. The summed E-state index contributed by atoms with van der Waals surface area (Å²) >= 11 is 0. The molecule has 0 aromatic heterocycles. The quantitative estimate of drug-likeness (QED) is 0.719. The first-order chi connectivity index (χ1) is 11.7. The summed E-state index contributed by atoms with van der Waals surface area (Å²) in [4.78, 5) is 0. The van der Waals surface area contributed by atoms with Gasteiger partial charge in [0, 0.05) is 5.41 Å². The Bertz CT molecular complexity index is 662. The fraction of sp³-hybridized carbons (Fsp3) is 0.478. The van der Waals surface area contributed by atoms with E-state index in [0.29, 0.717) is 23.3 Å². The zero-order chi connectivity index (χ0) is 18.2. The van der Waals surface area contributed by atoms with Crippen LogP contribution in [0.1, 0.15) is 58.1 Å². The van der Waals surface area contributed by atoms with Gasteiger partial charge >= 0.3 is 0 Å². The smallest absolute Gasteiger partial charge is 0.115 e. The molecule has 1 fully saturated rings. The lowest BCUT2D eigenvalue weighted by Gasteiger charge is -2.50. The molecule has 0 amide bonds. The number of hydrogen-bond donors (Lipinski definition) is 2. The normalized spacial score (nSPS) is 23.4. The molecule has 1 aliphatic carbocycles. The van der Waals surface area contributed by atoms with Crippen LogP contribution >= 0.6 is 0 Å². The van der Waals surface area contributed by atoms with Crippen molar-refractivity contribution >= 4 is 0 Å². The summed E-state index contributed by atoms with van der Waals surface area (Å²) in [6, 6.07) is 15.5. The summed E-state index contributed by atoms with van der Waals surface area (Å²) in [5, 5.41) is 19.5. The van der Waals surface area contributed by atoms with E-state index in [2.05, 4.69) is 52.0 Å². The van der Waals surface area contributed by atoms with Gasteiger partial charge < -0.3 is 10.2 Å². The zero-order valence-electron chi connectivity index (χ0n) is 15.8. The molecule has 2 atom stereocenters. The summed E-state index contributed by atoms with van der Waals surface area (Å²) in [7, 11) is 0. The molecule has 0 saturated heterocycles. The van der Waals surface area contributed by atoms with Crippen molar-refractivity contribution in [2.24, 2.45) is 17.3 Å². The second-order valence-corrected chi connectivity index (χ2v) is 8.81. The van der Waals surface area contributed by atoms with E-state index in [0.717, 1.165) is 6.42 Å². The minimum atomic E-state index is -0.0857. The van der Waals surface area contributed by atoms with Crippen molar-refractivity contribution in [3.05, 3.63) is 59.7 Å². The lowest BCUT2D eigenvalue weighted by molar-refractivity contribution is 0.0996. The molecule has 0 heterocycles. The minimum absolute atomic E-state index is 0.0857. The molecule has 1 saturated carbocycles. The standard InChI is InChI=1S/C23H30O2/c1-16-5-6-19(22(2,3)4)15-23(16,17-7-11-20(24)12-8-17)18-9-13-21(25)14-10-18/h7-14,16,19,24-25H,5-6,15H2,1-4H3. The highest BCUT2D eigenvalue weighted by Gasteiger charge is 2.46. The van der Waals surface area contributed by atoms with Crippen molar-refractivity contribution in [2.45, 2.75) is 52.4 Å². The average Bonchev–Trinajstić information content (AvgIpc) is 2.56. The van der Waals surface area contributed by atoms with Gasteiger partial charge in [-0.3, -0.25) is 0 Å². The van der Waals surface area contributed by atoms with Crippen LogP contribution in [0.4, 0.5) is 0 Å². The van der Waals surface area contributed by atoms with Crippen molar-refractivity contribution in [2.75, 3.05) is 0 Å². The Kier molecular flexibility index (Phi) is 4.57. The molecule has 2 nitrogen and oxygen atoms in total. The van der Waals surface area contributed by atoms with Crippen LogP contribution < -0.4 is 0 Å². The van der Waals surface area contributed by atoms with Crippen molar-refractivity contribution < 1.29 is 10.2 Å². The van der Waals surface area contributed by atoms with E-state index in [9.17, 15) is 10.2 Å². The first kappa shape index (κ1) is 17.8. The lowest BCUT2D eigenvalue weighted by Crippen LogP contribution is -2.43. The molecule has 2 N–H and O–H groups in total. The van der Waals surface area contributed by atoms with E-state index < -0.39 is 0 Å². The Balaban J connectivity index is 2.16. The maximum atomic E-state index is 9.76. The van der Waals surface area contributed by atoms with Crippen LogP contribution in [0.5, 0.6) is 11.5 Å². The van der Waals surface area contributed by atoms with Crippen LogP contribution in [0.15, 0.2) is 48.5 Å². The summed E-state index contributed by atoms with van der Waals surface area (Å²) in [5.74, 6) is 1.74. The Labute approximate surface area is 151 Å². The van der Waals surface area contributed by atoms with E-state index in [-0.39, 0.29) is 10.8 Å². The van der Waals surface area contributed by atoms with Crippen molar-refractivity contribution in [1.82, 2.24) is 0 Å². The minimum Gasteiger partial charge on any atom is -0.508 e. The van der Waals surface area contributed by atoms with Crippen LogP contribution in [-0.2, 0) is 5.41 Å². The molecule has 25 heavy (non-hydrogen) atoms. The second kappa shape index (κ2) is 6.40. The first-order valence-corrected chi connectivity index (χ1v) is 9.32. The van der Waals surface area contributed by atoms with Gasteiger partial charge in [0.05, 0.1) is 0 Å². The third kappa shape index (κ3) is 3.27. The Morgan fingerprint density at radius 3 is 1.64 bits per heavy atom. The van der Waals surface area contributed by atoms with Gasteiger partial charge in [-0.15, -0.1) is 0 Å². The predicted octanol–water partition coefficient (Wildman–Crippen LogP) is 5.87. The highest BCUT2D eigenvalue weighted by atomic mass is 16.3. The van der Waals surface area contributed by atoms with E-state index >= 15 is 0 Å². The molecule has 0 radical (unpaired) electrons. The molecule has 0 bridgehead atoms. The molecule has 2 aromatic rings. The molecule has 2 heteroatoms. The topological polar surface area (TPSA) is 40.5 Å². The van der Waals surface area contributed by atoms with Gasteiger partial charge in [-0.1, -0.05) is 52.0 Å². The number of phenols is 2. The fourth-order valence-corrected chi connectivity index (χ4v) is 4.62. The first-order valence-electron chi connectivity index (χ1n) is 9.32. The highest BCUT2D eigenvalue weighted by molar-refractivity contribution is 5.44. The van der Waals surface area contributed by atoms with Gasteiger partial charge in [-0.2, -0.15) is 0 Å². The number of rotatable bonds is 2. The largest absolute Gasteiger partial charge is 0.508 e. The molecule has 134 valence electrons. The van der Waals surface area contributed by atoms with Crippen LogP contribution in [0, 0.1) is 17.3 Å². The third-order valence-electron chi connectivity index (χ3n) is 6.35. The number of hydrogen-bond acceptors (Lipinski definition) is 2. The zero-order valence-corrected chi connectivity index (χ0v) is 15.8. The monoisotopic (exact) mass is 338 g/mol. The van der Waals surface area contributed by atoms with Crippen LogP contribution in [0.3, 0.4) is 0 Å². The number of phenolic OH excluding ortho intramolecular Hbond substituents is 2. The average molecular weight is 338 g/mol. The summed E-state index contributed by atoms with van der Waals surface area (Å²) in [6.07, 6.45) is 3.53. The number of aromatic hydroxyl groups is 2. The maximum absolute atomic E-state index is 9.76. The van der Waals surface area contributed by atoms with Crippen molar-refractivity contribution in [3.63, 3.8) is 0 Å². The molecule has 1 aliphatic rings. The molecular formula is C23H30O2. The van der Waals surface area contributed by atoms with Crippen molar-refractivity contribution in [3.8, 4) is 11.5 Å². The summed E-state index contributed by atoms with van der Waals surface area (Å²) in [5.41, 5.74) is 2.70. The second-order valence-electron chi connectivity index (χ2n) is 8.81. The van der Waals surface area contributed by atoms with Gasteiger partial charge in [0.1, 0.15) is 11.5 Å². The van der Waals surface area contributed by atoms with E-state index in [4.69, 9.17) is 0 Å². The van der Waals surface area contributed by atoms with E-state index in [1.165, 1.54) is 24.0 Å². The van der Waals surface area contributed by atoms with E-state index in [1.54, 1.807) is 24.3 Å². The third-order valence-corrected chi connectivity index (χ3v) is 6.35. The predicted molar refractivity (Wildman–Crippen MR) is 103 cm³/mol. The van der Waals surface area contributed by atoms with Crippen LogP contribution in [-0.4, -0.2) is 10.2 Å². The molecular weight excluding hydrogens is 308 g/mol. The van der Waals surface area contributed by atoms with Gasteiger partial charge in [0.15, 0.2) is 0 Å². The van der Waals surface area contributed by atoms with Gasteiger partial charge in [-0.25, -0.2) is 0 Å². The Morgan fingerprint density at radius 1 is 0.800 bits per heavy atom. The van der Waals surface area contributed by atoms with Crippen molar-refractivity contribution in [1.29, 1.82) is 0 Å². The SMILES string of the molecule is CC1CCC(C(C)(C)C)CC1(c1ccc(O)cc1)c1ccc(O)cc1. The molecule has 2 aromatic carbocycles. The van der Waals surface area contributed by atoms with Crippen LogP contribution in [0.2, 0.25) is 0 Å². The van der Waals surface area contributed by atoms with Gasteiger partial charge in [0.25, 0.3) is 0 Å². The maximum Gasteiger partial charge on any atom is 0.115 e. The molecule has 2 unspecified atom stereocenters. The summed E-state index contributed by atoms with van der Waals surface area (Å²) < 4.78 is 0. The molecule has 3 rings (SSSR count). The van der Waals surface area contributed by atoms with Crippen LogP contribution in [0.25, 0.3) is 0 Å². The highest BCUT2D eigenvalue weighted by Crippen LogP contribution is 2.54. The Hall–Kier alpha value is -1.96. The van der Waals surface area contributed by atoms with E-state index in [1.807, 2.05) is 0 Å². The Morgan fingerprint density at radius 2 is 1.24 bits per heavy atom. The number of benzene rings is 2.